The first kappa shape index (κ1) is 20.5. The number of hydrogen-bond acceptors (Lipinski definition) is 2. The third kappa shape index (κ3) is 6.84. The van der Waals surface area contributed by atoms with Crippen LogP contribution in [-0.2, 0) is 4.79 Å². The molecule has 1 N–H and O–H groups in total. The molecule has 0 bridgehead atoms. The summed E-state index contributed by atoms with van der Waals surface area (Å²) in [5.41, 5.74) is 0. The zero-order valence-corrected chi connectivity index (χ0v) is 15.6. The third-order valence-corrected chi connectivity index (χ3v) is 5.54. The highest BCUT2D eigenvalue weighted by Gasteiger charge is 2.25. The minimum absolute atomic E-state index is 0. The molecule has 1 aliphatic carbocycles. The van der Waals surface area contributed by atoms with E-state index in [4.69, 9.17) is 0 Å². The topological polar surface area (TPSA) is 32.3 Å². The van der Waals surface area contributed by atoms with Crippen LogP contribution in [0.5, 0.6) is 0 Å². The molecule has 4 heteroatoms. The van der Waals surface area contributed by atoms with Crippen LogP contribution in [0.2, 0.25) is 0 Å². The minimum atomic E-state index is 0. The summed E-state index contributed by atoms with van der Waals surface area (Å²) in [6.07, 6.45) is 11.7. The molecule has 3 nitrogen and oxygen atoms in total. The number of carbonyl (C=O) groups is 1. The first-order valence-corrected chi connectivity index (χ1v) is 9.30. The molecule has 1 aliphatic heterocycles. The van der Waals surface area contributed by atoms with E-state index in [9.17, 15) is 4.79 Å². The van der Waals surface area contributed by atoms with Gasteiger partial charge in [-0.3, -0.25) is 4.79 Å². The van der Waals surface area contributed by atoms with Gasteiger partial charge >= 0.3 is 0 Å². The molecule has 1 amide bonds. The van der Waals surface area contributed by atoms with Crippen LogP contribution in [0.3, 0.4) is 0 Å². The molecule has 0 radical (unpaired) electrons. The second-order valence-electron chi connectivity index (χ2n) is 7.38. The number of nitrogens with one attached hydrogen (secondary N) is 1. The quantitative estimate of drug-likeness (QED) is 0.708. The Kier molecular flexibility index (Phi) is 9.89. The zero-order chi connectivity index (χ0) is 15.8. The van der Waals surface area contributed by atoms with Gasteiger partial charge in [0.05, 0.1) is 0 Å². The Morgan fingerprint density at radius 3 is 2.61 bits per heavy atom. The molecule has 0 aromatic carbocycles. The summed E-state index contributed by atoms with van der Waals surface area (Å²) >= 11 is 0. The minimum Gasteiger partial charge on any atom is -0.339 e. The van der Waals surface area contributed by atoms with Gasteiger partial charge in [0.15, 0.2) is 0 Å². The molecule has 2 atom stereocenters. The van der Waals surface area contributed by atoms with Crippen molar-refractivity contribution in [1.82, 2.24) is 10.2 Å². The molecular weight excluding hydrogens is 308 g/mol. The van der Waals surface area contributed by atoms with Gasteiger partial charge in [-0.05, 0) is 56.5 Å². The zero-order valence-electron chi connectivity index (χ0n) is 14.8. The second-order valence-corrected chi connectivity index (χ2v) is 7.38. The number of halogens is 1. The maximum absolute atomic E-state index is 12.7. The lowest BCUT2D eigenvalue weighted by Gasteiger charge is -2.32. The maximum Gasteiger partial charge on any atom is 0.223 e. The largest absolute Gasteiger partial charge is 0.339 e. The van der Waals surface area contributed by atoms with Crippen molar-refractivity contribution in [2.24, 2.45) is 17.8 Å². The van der Waals surface area contributed by atoms with Crippen LogP contribution < -0.4 is 5.32 Å². The van der Waals surface area contributed by atoms with E-state index in [0.29, 0.717) is 36.6 Å². The average Bonchev–Trinajstić information content (AvgIpc) is 2.56. The predicted octanol–water partition coefficient (Wildman–Crippen LogP) is 4.03. The number of piperidine rings is 1. The molecule has 23 heavy (non-hydrogen) atoms. The number of carbonyl (C=O) groups excluding carboxylic acids is 1. The fourth-order valence-electron chi connectivity index (χ4n) is 4.05. The summed E-state index contributed by atoms with van der Waals surface area (Å²) in [6, 6.07) is 0. The van der Waals surface area contributed by atoms with Gasteiger partial charge in [0.2, 0.25) is 5.91 Å². The highest BCUT2D eigenvalue weighted by atomic mass is 35.5. The van der Waals surface area contributed by atoms with Crippen LogP contribution in [0.4, 0.5) is 0 Å². The van der Waals surface area contributed by atoms with E-state index in [0.717, 1.165) is 19.6 Å². The summed E-state index contributed by atoms with van der Waals surface area (Å²) in [5, 5.41) is 3.47. The predicted molar refractivity (Wildman–Crippen MR) is 100.0 cm³/mol. The third-order valence-electron chi connectivity index (χ3n) is 5.54. The lowest BCUT2D eigenvalue weighted by atomic mass is 9.85. The highest BCUT2D eigenvalue weighted by molar-refractivity contribution is 5.85. The number of rotatable bonds is 7. The SMILES string of the molecule is C=CCN(CC1CCCCC1)C(=O)CC(C)C1CCCNC1.Cl. The van der Waals surface area contributed by atoms with Crippen molar-refractivity contribution in [2.45, 2.75) is 58.3 Å². The van der Waals surface area contributed by atoms with E-state index in [-0.39, 0.29) is 12.4 Å². The van der Waals surface area contributed by atoms with E-state index >= 15 is 0 Å². The molecule has 0 aromatic rings. The molecule has 2 rings (SSSR count). The normalized spacial score (nSPS) is 23.6. The van der Waals surface area contributed by atoms with Gasteiger partial charge in [-0.1, -0.05) is 32.3 Å². The summed E-state index contributed by atoms with van der Waals surface area (Å²) < 4.78 is 0. The van der Waals surface area contributed by atoms with Gasteiger partial charge in [-0.2, -0.15) is 0 Å². The summed E-state index contributed by atoms with van der Waals surface area (Å²) in [6.45, 7) is 9.97. The van der Waals surface area contributed by atoms with Gasteiger partial charge < -0.3 is 10.2 Å². The fourth-order valence-corrected chi connectivity index (χ4v) is 4.05. The van der Waals surface area contributed by atoms with E-state index in [1.807, 2.05) is 6.08 Å². The molecule has 1 saturated carbocycles. The fraction of sp³-hybridized carbons (Fsp3) is 0.842. The Bertz CT molecular complexity index is 349. The van der Waals surface area contributed by atoms with Crippen LogP contribution in [0.15, 0.2) is 12.7 Å². The second kappa shape index (κ2) is 11.1. The van der Waals surface area contributed by atoms with Crippen LogP contribution in [-0.4, -0.2) is 37.0 Å². The smallest absolute Gasteiger partial charge is 0.223 e. The molecule has 0 spiro atoms. The standard InChI is InChI=1S/C19H34N2O.ClH/c1-3-12-21(15-17-8-5-4-6-9-17)19(22)13-16(2)18-10-7-11-20-14-18;/h3,16-18,20H,1,4-15H2,2H3;1H. The van der Waals surface area contributed by atoms with Crippen molar-refractivity contribution in [2.75, 3.05) is 26.2 Å². The first-order chi connectivity index (χ1) is 10.7. The first-order valence-electron chi connectivity index (χ1n) is 9.30. The number of hydrogen-bond donors (Lipinski definition) is 1. The van der Waals surface area contributed by atoms with Crippen molar-refractivity contribution in [3.63, 3.8) is 0 Å². The molecule has 2 fully saturated rings. The monoisotopic (exact) mass is 342 g/mol. The van der Waals surface area contributed by atoms with Crippen molar-refractivity contribution in [1.29, 1.82) is 0 Å². The molecule has 1 heterocycles. The molecule has 134 valence electrons. The lowest BCUT2D eigenvalue weighted by Crippen LogP contribution is -2.39. The Balaban J connectivity index is 0.00000264. The summed E-state index contributed by atoms with van der Waals surface area (Å²) in [7, 11) is 0. The molecule has 2 aliphatic rings. The Hall–Kier alpha value is -0.540. The summed E-state index contributed by atoms with van der Waals surface area (Å²) in [5.74, 6) is 2.20. The van der Waals surface area contributed by atoms with E-state index in [1.165, 1.54) is 44.9 Å². The number of amides is 1. The van der Waals surface area contributed by atoms with Crippen LogP contribution >= 0.6 is 12.4 Å². The molecular formula is C19H35ClN2O. The molecule has 1 saturated heterocycles. The Morgan fingerprint density at radius 1 is 1.26 bits per heavy atom. The maximum atomic E-state index is 12.7. The Morgan fingerprint density at radius 2 is 2.00 bits per heavy atom. The van der Waals surface area contributed by atoms with Crippen molar-refractivity contribution in [3.8, 4) is 0 Å². The Labute approximate surface area is 148 Å². The highest BCUT2D eigenvalue weighted by Crippen LogP contribution is 2.26. The van der Waals surface area contributed by atoms with Gasteiger partial charge in [-0.15, -0.1) is 19.0 Å². The lowest BCUT2D eigenvalue weighted by molar-refractivity contribution is -0.132. The van der Waals surface area contributed by atoms with Gasteiger partial charge in [0.25, 0.3) is 0 Å². The summed E-state index contributed by atoms with van der Waals surface area (Å²) in [4.78, 5) is 14.8. The van der Waals surface area contributed by atoms with Crippen molar-refractivity contribution >= 4 is 18.3 Å². The van der Waals surface area contributed by atoms with E-state index < -0.39 is 0 Å². The van der Waals surface area contributed by atoms with E-state index in [1.54, 1.807) is 0 Å². The number of nitrogens with zero attached hydrogens (tertiary/aromatic N) is 1. The molecule has 2 unspecified atom stereocenters. The molecule has 0 aromatic heterocycles. The van der Waals surface area contributed by atoms with Gasteiger partial charge in [0, 0.05) is 19.5 Å². The average molecular weight is 343 g/mol. The van der Waals surface area contributed by atoms with Crippen LogP contribution in [0.1, 0.15) is 58.3 Å². The van der Waals surface area contributed by atoms with Crippen molar-refractivity contribution in [3.05, 3.63) is 12.7 Å². The van der Waals surface area contributed by atoms with Gasteiger partial charge in [-0.25, -0.2) is 0 Å². The van der Waals surface area contributed by atoms with Crippen molar-refractivity contribution < 1.29 is 4.79 Å². The van der Waals surface area contributed by atoms with Crippen LogP contribution in [0.25, 0.3) is 0 Å². The van der Waals surface area contributed by atoms with E-state index in [2.05, 4.69) is 23.7 Å². The van der Waals surface area contributed by atoms with Crippen LogP contribution in [0, 0.1) is 17.8 Å². The van der Waals surface area contributed by atoms with Gasteiger partial charge in [0.1, 0.15) is 0 Å².